The second-order valence-electron chi connectivity index (χ2n) is 5.81. The molecule has 23 heavy (non-hydrogen) atoms. The Morgan fingerprint density at radius 1 is 1.04 bits per heavy atom. The number of hydrogen-bond acceptors (Lipinski definition) is 2. The van der Waals surface area contributed by atoms with Crippen LogP contribution in [0.1, 0.15) is 34.8 Å². The third-order valence-electron chi connectivity index (χ3n) is 3.56. The largest absolute Gasteiger partial charge is 0.349 e. The number of aryl methyl sites for hydroxylation is 2. The number of carbonyl (C=O) groups excluding carboxylic acids is 2. The lowest BCUT2D eigenvalue weighted by molar-refractivity contribution is -0.116. The van der Waals surface area contributed by atoms with Crippen molar-refractivity contribution < 1.29 is 9.59 Å². The molecule has 0 bridgehead atoms. The quantitative estimate of drug-likeness (QED) is 0.888. The van der Waals surface area contributed by atoms with Crippen LogP contribution in [0.3, 0.4) is 0 Å². The van der Waals surface area contributed by atoms with Gasteiger partial charge in [-0.2, -0.15) is 0 Å². The minimum atomic E-state index is -0.242. The van der Waals surface area contributed by atoms with Crippen molar-refractivity contribution >= 4 is 17.5 Å². The van der Waals surface area contributed by atoms with Crippen LogP contribution in [-0.2, 0) is 4.79 Å². The topological polar surface area (TPSA) is 58.2 Å². The number of rotatable bonds is 5. The standard InChI is InChI=1S/C19H22N2O2/c1-13-9-10-17(14(2)11-13)21-18(22)12-15(3)20-19(23)16-7-5-4-6-8-16/h4-11,15H,12H2,1-3H3,(H,20,23)(H,21,22). The molecule has 0 fully saturated rings. The van der Waals surface area contributed by atoms with Gasteiger partial charge in [0.25, 0.3) is 5.91 Å². The first-order chi connectivity index (χ1) is 11.0. The summed E-state index contributed by atoms with van der Waals surface area (Å²) in [5, 5.41) is 5.73. The molecule has 2 rings (SSSR count). The molecule has 2 aromatic carbocycles. The number of amides is 2. The van der Waals surface area contributed by atoms with E-state index in [0.717, 1.165) is 16.8 Å². The predicted molar refractivity (Wildman–Crippen MR) is 92.5 cm³/mol. The third kappa shape index (κ3) is 4.95. The zero-order valence-electron chi connectivity index (χ0n) is 13.7. The smallest absolute Gasteiger partial charge is 0.251 e. The molecule has 0 aliphatic rings. The van der Waals surface area contributed by atoms with Crippen LogP contribution in [0.15, 0.2) is 48.5 Å². The predicted octanol–water partition coefficient (Wildman–Crippen LogP) is 3.45. The van der Waals surface area contributed by atoms with E-state index in [2.05, 4.69) is 10.6 Å². The molecule has 0 saturated heterocycles. The highest BCUT2D eigenvalue weighted by atomic mass is 16.2. The SMILES string of the molecule is Cc1ccc(NC(=O)CC(C)NC(=O)c2ccccc2)c(C)c1. The highest BCUT2D eigenvalue weighted by Crippen LogP contribution is 2.16. The molecule has 1 unspecified atom stereocenters. The Bertz CT molecular complexity index is 696. The molecule has 120 valence electrons. The average molecular weight is 310 g/mol. The lowest BCUT2D eigenvalue weighted by Gasteiger charge is -2.15. The summed E-state index contributed by atoms with van der Waals surface area (Å²) in [6.07, 6.45) is 0.228. The monoisotopic (exact) mass is 310 g/mol. The van der Waals surface area contributed by atoms with Crippen LogP contribution < -0.4 is 10.6 Å². The van der Waals surface area contributed by atoms with Crippen molar-refractivity contribution in [2.75, 3.05) is 5.32 Å². The van der Waals surface area contributed by atoms with Crippen molar-refractivity contribution in [3.63, 3.8) is 0 Å². The number of benzene rings is 2. The van der Waals surface area contributed by atoms with Gasteiger partial charge in [-0.05, 0) is 44.5 Å². The summed E-state index contributed by atoms with van der Waals surface area (Å²) in [4.78, 5) is 24.2. The Balaban J connectivity index is 1.88. The Hall–Kier alpha value is -2.62. The maximum atomic E-state index is 12.1. The van der Waals surface area contributed by atoms with Crippen molar-refractivity contribution in [1.29, 1.82) is 0 Å². The molecule has 0 heterocycles. The molecule has 0 spiro atoms. The maximum Gasteiger partial charge on any atom is 0.251 e. The fraction of sp³-hybridized carbons (Fsp3) is 0.263. The molecular formula is C19H22N2O2. The molecule has 2 aromatic rings. The minimum absolute atomic E-state index is 0.113. The van der Waals surface area contributed by atoms with Crippen molar-refractivity contribution in [3.8, 4) is 0 Å². The molecule has 2 amide bonds. The van der Waals surface area contributed by atoms with Crippen molar-refractivity contribution in [3.05, 3.63) is 65.2 Å². The molecule has 0 aliphatic heterocycles. The van der Waals surface area contributed by atoms with Crippen LogP contribution >= 0.6 is 0 Å². The van der Waals surface area contributed by atoms with Crippen LogP contribution in [0.5, 0.6) is 0 Å². The lowest BCUT2D eigenvalue weighted by Crippen LogP contribution is -2.35. The summed E-state index contributed by atoms with van der Waals surface area (Å²) in [6.45, 7) is 5.80. The Kier molecular flexibility index (Phi) is 5.52. The van der Waals surface area contributed by atoms with E-state index in [9.17, 15) is 9.59 Å². The second kappa shape index (κ2) is 7.58. The molecule has 0 aromatic heterocycles. The third-order valence-corrected chi connectivity index (χ3v) is 3.56. The molecule has 0 radical (unpaired) electrons. The van der Waals surface area contributed by atoms with Crippen molar-refractivity contribution in [2.45, 2.75) is 33.2 Å². The van der Waals surface area contributed by atoms with Gasteiger partial charge in [-0.15, -0.1) is 0 Å². The first kappa shape index (κ1) is 16.7. The summed E-state index contributed by atoms with van der Waals surface area (Å²) < 4.78 is 0. The number of carbonyl (C=O) groups is 2. The summed E-state index contributed by atoms with van der Waals surface area (Å²) >= 11 is 0. The maximum absolute atomic E-state index is 12.1. The van der Waals surface area contributed by atoms with E-state index in [1.54, 1.807) is 12.1 Å². The molecule has 1 atom stereocenters. The fourth-order valence-corrected chi connectivity index (χ4v) is 2.38. The van der Waals surface area contributed by atoms with Crippen LogP contribution in [0, 0.1) is 13.8 Å². The van der Waals surface area contributed by atoms with Gasteiger partial charge in [0.2, 0.25) is 5.91 Å². The molecular weight excluding hydrogens is 288 g/mol. The number of anilines is 1. The Morgan fingerprint density at radius 3 is 2.39 bits per heavy atom. The number of nitrogens with one attached hydrogen (secondary N) is 2. The van der Waals surface area contributed by atoms with Crippen LogP contribution in [0.25, 0.3) is 0 Å². The van der Waals surface area contributed by atoms with Gasteiger partial charge >= 0.3 is 0 Å². The zero-order chi connectivity index (χ0) is 16.8. The lowest BCUT2D eigenvalue weighted by atomic mass is 10.1. The van der Waals surface area contributed by atoms with Crippen LogP contribution in [0.2, 0.25) is 0 Å². The van der Waals surface area contributed by atoms with E-state index in [1.807, 2.05) is 57.2 Å². The highest BCUT2D eigenvalue weighted by Gasteiger charge is 2.13. The normalized spacial score (nSPS) is 11.6. The van der Waals surface area contributed by atoms with E-state index in [4.69, 9.17) is 0 Å². The van der Waals surface area contributed by atoms with Crippen LogP contribution in [0.4, 0.5) is 5.69 Å². The highest BCUT2D eigenvalue weighted by molar-refractivity contribution is 5.95. The molecule has 0 saturated carbocycles. The molecule has 4 nitrogen and oxygen atoms in total. The average Bonchev–Trinajstić information content (AvgIpc) is 2.50. The van der Waals surface area contributed by atoms with Gasteiger partial charge in [-0.3, -0.25) is 9.59 Å². The van der Waals surface area contributed by atoms with Gasteiger partial charge in [-0.1, -0.05) is 35.9 Å². The van der Waals surface area contributed by atoms with E-state index >= 15 is 0 Å². The zero-order valence-corrected chi connectivity index (χ0v) is 13.7. The van der Waals surface area contributed by atoms with Gasteiger partial charge in [-0.25, -0.2) is 0 Å². The van der Waals surface area contributed by atoms with Gasteiger partial charge < -0.3 is 10.6 Å². The summed E-state index contributed by atoms with van der Waals surface area (Å²) in [5.41, 5.74) is 3.58. The molecule has 0 aliphatic carbocycles. The van der Waals surface area contributed by atoms with Gasteiger partial charge in [0, 0.05) is 23.7 Å². The van der Waals surface area contributed by atoms with Crippen molar-refractivity contribution in [2.24, 2.45) is 0 Å². The van der Waals surface area contributed by atoms with Crippen molar-refractivity contribution in [1.82, 2.24) is 5.32 Å². The minimum Gasteiger partial charge on any atom is -0.349 e. The first-order valence-electron chi connectivity index (χ1n) is 7.68. The Labute approximate surface area is 136 Å². The van der Waals surface area contributed by atoms with E-state index in [0.29, 0.717) is 5.56 Å². The molecule has 4 heteroatoms. The summed E-state index contributed by atoms with van der Waals surface area (Å²) in [7, 11) is 0. The van der Waals surface area contributed by atoms with Crippen LogP contribution in [-0.4, -0.2) is 17.9 Å². The summed E-state index contributed by atoms with van der Waals surface area (Å²) in [5.74, 6) is -0.282. The van der Waals surface area contributed by atoms with E-state index < -0.39 is 0 Å². The van der Waals surface area contributed by atoms with Gasteiger partial charge in [0.15, 0.2) is 0 Å². The first-order valence-corrected chi connectivity index (χ1v) is 7.68. The van der Waals surface area contributed by atoms with E-state index in [1.165, 1.54) is 0 Å². The fourth-order valence-electron chi connectivity index (χ4n) is 2.38. The molecule has 2 N–H and O–H groups in total. The summed E-state index contributed by atoms with van der Waals surface area (Å²) in [6, 6.07) is 14.6. The van der Waals surface area contributed by atoms with Gasteiger partial charge in [0.1, 0.15) is 0 Å². The van der Waals surface area contributed by atoms with E-state index in [-0.39, 0.29) is 24.3 Å². The number of hydrogen-bond donors (Lipinski definition) is 2. The second-order valence-corrected chi connectivity index (χ2v) is 5.81. The van der Waals surface area contributed by atoms with Gasteiger partial charge in [0.05, 0.1) is 0 Å². The Morgan fingerprint density at radius 2 is 1.74 bits per heavy atom.